The Morgan fingerprint density at radius 3 is 2.84 bits per heavy atom. The second-order valence-electron chi connectivity index (χ2n) is 5.13. The van der Waals surface area contributed by atoms with E-state index in [1.54, 1.807) is 0 Å². The molecule has 0 bridgehead atoms. The van der Waals surface area contributed by atoms with E-state index in [-0.39, 0.29) is 0 Å². The molecule has 0 spiro atoms. The van der Waals surface area contributed by atoms with Crippen LogP contribution in [0.25, 0.3) is 0 Å². The molecule has 0 radical (unpaired) electrons. The molecular weight excluding hydrogens is 240 g/mol. The van der Waals surface area contributed by atoms with Gasteiger partial charge in [0.05, 0.1) is 0 Å². The highest BCUT2D eigenvalue weighted by Crippen LogP contribution is 2.33. The third-order valence-corrected chi connectivity index (χ3v) is 3.17. The molecule has 19 heavy (non-hydrogen) atoms. The molecule has 106 valence electrons. The maximum atomic E-state index is 5.69. The summed E-state index contributed by atoms with van der Waals surface area (Å²) in [5.41, 5.74) is 1.19. The van der Waals surface area contributed by atoms with Crippen LogP contribution in [0.3, 0.4) is 0 Å². The highest BCUT2D eigenvalue weighted by Gasteiger charge is 2.14. The largest absolute Gasteiger partial charge is 0.486 e. The summed E-state index contributed by atoms with van der Waals surface area (Å²) in [6.45, 7) is 4.33. The van der Waals surface area contributed by atoms with Gasteiger partial charge in [-0.2, -0.15) is 0 Å². The molecule has 0 aliphatic carbocycles. The summed E-state index contributed by atoms with van der Waals surface area (Å²) in [5.74, 6) is 1.78. The van der Waals surface area contributed by atoms with Crippen molar-refractivity contribution in [1.82, 2.24) is 10.2 Å². The number of nitrogens with one attached hydrogen (secondary N) is 1. The molecule has 1 heterocycles. The number of ether oxygens (including phenoxy) is 2. The highest BCUT2D eigenvalue weighted by atomic mass is 16.6. The molecule has 1 N–H and O–H groups in total. The first-order valence-electron chi connectivity index (χ1n) is 7.00. The van der Waals surface area contributed by atoms with Gasteiger partial charge in [-0.25, -0.2) is 0 Å². The van der Waals surface area contributed by atoms with Gasteiger partial charge in [0.1, 0.15) is 13.2 Å². The topological polar surface area (TPSA) is 33.7 Å². The van der Waals surface area contributed by atoms with E-state index < -0.39 is 0 Å². The SMILES string of the molecule is CN(C)CCCCNCc1cccc2c1OCCO2. The first-order valence-corrected chi connectivity index (χ1v) is 7.00. The Bertz CT molecular complexity index is 394. The van der Waals surface area contributed by atoms with Gasteiger partial charge >= 0.3 is 0 Å². The average Bonchev–Trinajstić information content (AvgIpc) is 2.42. The van der Waals surface area contributed by atoms with Crippen molar-refractivity contribution >= 4 is 0 Å². The van der Waals surface area contributed by atoms with Crippen molar-refractivity contribution in [2.45, 2.75) is 19.4 Å². The molecule has 1 aromatic carbocycles. The van der Waals surface area contributed by atoms with Gasteiger partial charge in [0.25, 0.3) is 0 Å². The molecular formula is C15H24N2O2. The zero-order valence-corrected chi connectivity index (χ0v) is 11.9. The van der Waals surface area contributed by atoms with Gasteiger partial charge in [0.15, 0.2) is 11.5 Å². The Balaban J connectivity index is 1.74. The molecule has 0 amide bonds. The van der Waals surface area contributed by atoms with Gasteiger partial charge in [-0.1, -0.05) is 12.1 Å². The van der Waals surface area contributed by atoms with Gasteiger partial charge in [0, 0.05) is 12.1 Å². The first-order chi connectivity index (χ1) is 9.27. The number of nitrogens with zero attached hydrogens (tertiary/aromatic N) is 1. The molecule has 0 atom stereocenters. The van der Waals surface area contributed by atoms with E-state index in [1.807, 2.05) is 12.1 Å². The monoisotopic (exact) mass is 264 g/mol. The van der Waals surface area contributed by atoms with Crippen LogP contribution >= 0.6 is 0 Å². The molecule has 1 aliphatic rings. The Hall–Kier alpha value is -1.26. The fraction of sp³-hybridized carbons (Fsp3) is 0.600. The van der Waals surface area contributed by atoms with E-state index >= 15 is 0 Å². The molecule has 1 aromatic rings. The van der Waals surface area contributed by atoms with E-state index in [1.165, 1.54) is 18.4 Å². The molecule has 0 saturated heterocycles. The second kappa shape index (κ2) is 7.36. The molecule has 4 nitrogen and oxygen atoms in total. The summed E-state index contributed by atoms with van der Waals surface area (Å²) in [5, 5.41) is 3.47. The van der Waals surface area contributed by atoms with Crippen LogP contribution in [0, 0.1) is 0 Å². The van der Waals surface area contributed by atoms with Crippen molar-refractivity contribution in [3.05, 3.63) is 23.8 Å². The zero-order chi connectivity index (χ0) is 13.5. The van der Waals surface area contributed by atoms with E-state index in [9.17, 15) is 0 Å². The van der Waals surface area contributed by atoms with E-state index in [0.29, 0.717) is 13.2 Å². The number of rotatable bonds is 7. The summed E-state index contributed by atoms with van der Waals surface area (Å²) >= 11 is 0. The van der Waals surface area contributed by atoms with Crippen LogP contribution in [0.15, 0.2) is 18.2 Å². The van der Waals surface area contributed by atoms with Gasteiger partial charge in [-0.3, -0.25) is 0 Å². The maximum absolute atomic E-state index is 5.69. The lowest BCUT2D eigenvalue weighted by molar-refractivity contribution is 0.169. The van der Waals surface area contributed by atoms with Crippen molar-refractivity contribution in [3.63, 3.8) is 0 Å². The van der Waals surface area contributed by atoms with Gasteiger partial charge < -0.3 is 19.7 Å². The van der Waals surface area contributed by atoms with Crippen LogP contribution < -0.4 is 14.8 Å². The maximum Gasteiger partial charge on any atom is 0.165 e. The van der Waals surface area contributed by atoms with Gasteiger partial charge in [0.2, 0.25) is 0 Å². The van der Waals surface area contributed by atoms with Gasteiger partial charge in [-0.15, -0.1) is 0 Å². The second-order valence-corrected chi connectivity index (χ2v) is 5.13. The van der Waals surface area contributed by atoms with Crippen LogP contribution in [0.1, 0.15) is 18.4 Å². The number of fused-ring (bicyclic) bond motifs is 1. The van der Waals surface area contributed by atoms with Crippen molar-refractivity contribution < 1.29 is 9.47 Å². The summed E-state index contributed by atoms with van der Waals surface area (Å²) < 4.78 is 11.3. The minimum absolute atomic E-state index is 0.646. The van der Waals surface area contributed by atoms with E-state index in [0.717, 1.165) is 31.1 Å². The standard InChI is InChI=1S/C15H24N2O2/c1-17(2)9-4-3-8-16-12-13-6-5-7-14-15(13)19-11-10-18-14/h5-7,16H,3-4,8-12H2,1-2H3. The molecule has 1 aliphatic heterocycles. The molecule has 0 saturated carbocycles. The summed E-state index contributed by atoms with van der Waals surface area (Å²) in [7, 11) is 4.22. The van der Waals surface area contributed by atoms with E-state index in [4.69, 9.17) is 9.47 Å². The minimum Gasteiger partial charge on any atom is -0.486 e. The third kappa shape index (κ3) is 4.40. The van der Waals surface area contributed by atoms with E-state index in [2.05, 4.69) is 30.4 Å². The molecule has 2 rings (SSSR count). The van der Waals surface area contributed by atoms with Crippen molar-refractivity contribution in [2.24, 2.45) is 0 Å². The lowest BCUT2D eigenvalue weighted by Gasteiger charge is -2.21. The molecule has 0 aromatic heterocycles. The number of hydrogen-bond acceptors (Lipinski definition) is 4. The first kappa shape index (κ1) is 14.2. The number of unbranched alkanes of at least 4 members (excludes halogenated alkanes) is 1. The Morgan fingerprint density at radius 2 is 2.00 bits per heavy atom. The summed E-state index contributed by atoms with van der Waals surface area (Å²) in [6.07, 6.45) is 2.43. The Kier molecular flexibility index (Phi) is 5.48. The number of para-hydroxylation sites is 1. The van der Waals surface area contributed by atoms with Crippen LogP contribution in [0.5, 0.6) is 11.5 Å². The van der Waals surface area contributed by atoms with Crippen LogP contribution in [-0.4, -0.2) is 45.3 Å². The summed E-state index contributed by atoms with van der Waals surface area (Å²) in [6, 6.07) is 6.09. The minimum atomic E-state index is 0.646. The molecule has 4 heteroatoms. The zero-order valence-electron chi connectivity index (χ0n) is 11.9. The fourth-order valence-corrected chi connectivity index (χ4v) is 2.17. The lowest BCUT2D eigenvalue weighted by atomic mass is 10.1. The number of hydrogen-bond donors (Lipinski definition) is 1. The normalized spacial score (nSPS) is 13.8. The fourth-order valence-electron chi connectivity index (χ4n) is 2.17. The van der Waals surface area contributed by atoms with Crippen LogP contribution in [-0.2, 0) is 6.54 Å². The number of benzene rings is 1. The quantitative estimate of drug-likeness (QED) is 0.763. The third-order valence-electron chi connectivity index (χ3n) is 3.17. The van der Waals surface area contributed by atoms with Crippen LogP contribution in [0.2, 0.25) is 0 Å². The Morgan fingerprint density at radius 1 is 1.16 bits per heavy atom. The highest BCUT2D eigenvalue weighted by molar-refractivity contribution is 5.47. The average molecular weight is 264 g/mol. The smallest absolute Gasteiger partial charge is 0.165 e. The summed E-state index contributed by atoms with van der Waals surface area (Å²) in [4.78, 5) is 2.22. The molecule has 0 unspecified atom stereocenters. The molecule has 0 fully saturated rings. The predicted molar refractivity (Wildman–Crippen MR) is 76.9 cm³/mol. The Labute approximate surface area is 115 Å². The lowest BCUT2D eigenvalue weighted by Crippen LogP contribution is -2.20. The van der Waals surface area contributed by atoms with Crippen molar-refractivity contribution in [2.75, 3.05) is 40.4 Å². The van der Waals surface area contributed by atoms with Crippen LogP contribution in [0.4, 0.5) is 0 Å². The van der Waals surface area contributed by atoms with Crippen molar-refractivity contribution in [1.29, 1.82) is 0 Å². The van der Waals surface area contributed by atoms with Gasteiger partial charge in [-0.05, 0) is 46.1 Å². The van der Waals surface area contributed by atoms with Crippen molar-refractivity contribution in [3.8, 4) is 11.5 Å². The predicted octanol–water partition coefficient (Wildman–Crippen LogP) is 1.89.